The minimum atomic E-state index is -4.73. The van der Waals surface area contributed by atoms with Gasteiger partial charge in [-0.05, 0) is 62.6 Å². The van der Waals surface area contributed by atoms with Gasteiger partial charge in [-0.2, -0.15) is 13.2 Å². The molecule has 0 saturated carbocycles. The van der Waals surface area contributed by atoms with Crippen molar-refractivity contribution in [3.63, 3.8) is 0 Å². The lowest BCUT2D eigenvalue weighted by atomic mass is 10.1. The number of carbonyl (C=O) groups is 2. The standard InChI is InChI=1S/C31H36F3N3O4S/c1-5-18-35-30(39)28(6-2)36(20-24-14-10-22(3)11-15-24)29(38)21-37(26-9-7-8-25(19-26)31(32,33)34)42(40,41)27-16-12-23(4)13-17-27/h7-17,19,28H,5-6,18,20-21H2,1-4H3,(H,35,39)/t28-/m0/s1. The van der Waals surface area contributed by atoms with Gasteiger partial charge in [0.05, 0.1) is 16.1 Å². The van der Waals surface area contributed by atoms with Crippen LogP contribution in [0.25, 0.3) is 0 Å². The van der Waals surface area contributed by atoms with Crippen LogP contribution >= 0.6 is 0 Å². The van der Waals surface area contributed by atoms with Crippen LogP contribution in [-0.4, -0.2) is 44.3 Å². The van der Waals surface area contributed by atoms with E-state index in [0.717, 1.165) is 23.3 Å². The van der Waals surface area contributed by atoms with Crippen LogP contribution < -0.4 is 9.62 Å². The van der Waals surface area contributed by atoms with Gasteiger partial charge in [0.2, 0.25) is 11.8 Å². The lowest BCUT2D eigenvalue weighted by Crippen LogP contribution is -2.52. The molecule has 0 aromatic heterocycles. The van der Waals surface area contributed by atoms with E-state index in [1.165, 1.54) is 23.1 Å². The zero-order chi connectivity index (χ0) is 31.1. The van der Waals surface area contributed by atoms with Crippen LogP contribution in [0.15, 0.2) is 77.7 Å². The van der Waals surface area contributed by atoms with Gasteiger partial charge in [-0.1, -0.05) is 67.4 Å². The number of rotatable bonds is 12. The smallest absolute Gasteiger partial charge is 0.354 e. The molecule has 226 valence electrons. The number of aryl methyl sites for hydroxylation is 2. The van der Waals surface area contributed by atoms with Crippen LogP contribution in [-0.2, 0) is 32.3 Å². The third-order valence-electron chi connectivity index (χ3n) is 6.76. The van der Waals surface area contributed by atoms with Crippen molar-refractivity contribution in [3.8, 4) is 0 Å². The van der Waals surface area contributed by atoms with Crippen LogP contribution in [0.2, 0.25) is 0 Å². The highest BCUT2D eigenvalue weighted by molar-refractivity contribution is 7.92. The largest absolute Gasteiger partial charge is 0.416 e. The first kappa shape index (κ1) is 32.7. The van der Waals surface area contributed by atoms with E-state index in [9.17, 15) is 31.2 Å². The highest BCUT2D eigenvalue weighted by Gasteiger charge is 2.35. The van der Waals surface area contributed by atoms with E-state index in [1.807, 2.05) is 26.0 Å². The van der Waals surface area contributed by atoms with Crippen LogP contribution in [0.3, 0.4) is 0 Å². The lowest BCUT2D eigenvalue weighted by Gasteiger charge is -2.33. The van der Waals surface area contributed by atoms with E-state index in [-0.39, 0.29) is 23.5 Å². The van der Waals surface area contributed by atoms with Gasteiger partial charge in [-0.25, -0.2) is 8.42 Å². The summed E-state index contributed by atoms with van der Waals surface area (Å²) < 4.78 is 69.2. The fourth-order valence-electron chi connectivity index (χ4n) is 4.38. The maximum atomic E-state index is 14.0. The number of nitrogens with one attached hydrogen (secondary N) is 1. The van der Waals surface area contributed by atoms with Gasteiger partial charge in [0.15, 0.2) is 0 Å². The fraction of sp³-hybridized carbons (Fsp3) is 0.355. The molecule has 0 fully saturated rings. The van der Waals surface area contributed by atoms with Gasteiger partial charge in [0, 0.05) is 13.1 Å². The van der Waals surface area contributed by atoms with Crippen molar-refractivity contribution in [3.05, 3.63) is 95.1 Å². The Hall–Kier alpha value is -3.86. The van der Waals surface area contributed by atoms with E-state index in [1.54, 1.807) is 38.1 Å². The van der Waals surface area contributed by atoms with E-state index < -0.39 is 46.2 Å². The van der Waals surface area contributed by atoms with Crippen molar-refractivity contribution in [2.45, 2.75) is 64.2 Å². The molecule has 0 saturated heterocycles. The van der Waals surface area contributed by atoms with Crippen LogP contribution in [0.5, 0.6) is 0 Å². The van der Waals surface area contributed by atoms with E-state index in [0.29, 0.717) is 28.9 Å². The van der Waals surface area contributed by atoms with Gasteiger partial charge in [0.25, 0.3) is 10.0 Å². The topological polar surface area (TPSA) is 86.8 Å². The first-order valence-corrected chi connectivity index (χ1v) is 15.1. The van der Waals surface area contributed by atoms with Crippen molar-refractivity contribution in [2.75, 3.05) is 17.4 Å². The van der Waals surface area contributed by atoms with Crippen molar-refractivity contribution in [1.29, 1.82) is 0 Å². The molecule has 3 aromatic rings. The minimum absolute atomic E-state index is 0.00181. The molecule has 1 N–H and O–H groups in total. The third-order valence-corrected chi connectivity index (χ3v) is 8.55. The third kappa shape index (κ3) is 8.12. The Morgan fingerprint density at radius 2 is 1.50 bits per heavy atom. The average molecular weight is 604 g/mol. The molecular formula is C31H36F3N3O4S. The van der Waals surface area contributed by atoms with Crippen LogP contribution in [0, 0.1) is 13.8 Å². The second-order valence-corrected chi connectivity index (χ2v) is 12.0. The molecule has 0 radical (unpaired) electrons. The molecule has 0 unspecified atom stereocenters. The molecule has 0 aliphatic heterocycles. The van der Waals surface area contributed by atoms with Crippen LogP contribution in [0.4, 0.5) is 18.9 Å². The van der Waals surface area contributed by atoms with E-state index >= 15 is 0 Å². The Morgan fingerprint density at radius 1 is 0.905 bits per heavy atom. The number of hydrogen-bond donors (Lipinski definition) is 1. The summed E-state index contributed by atoms with van der Waals surface area (Å²) in [7, 11) is -4.49. The van der Waals surface area contributed by atoms with Gasteiger partial charge in [-0.3, -0.25) is 13.9 Å². The number of benzene rings is 3. The van der Waals surface area contributed by atoms with Crippen LogP contribution in [0.1, 0.15) is 48.9 Å². The van der Waals surface area contributed by atoms with Crippen molar-refractivity contribution in [2.24, 2.45) is 0 Å². The fourth-order valence-corrected chi connectivity index (χ4v) is 5.79. The molecule has 7 nitrogen and oxygen atoms in total. The lowest BCUT2D eigenvalue weighted by molar-refractivity contribution is -0.140. The number of anilines is 1. The predicted octanol–water partition coefficient (Wildman–Crippen LogP) is 5.85. The number of sulfonamides is 1. The summed E-state index contributed by atoms with van der Waals surface area (Å²) in [6.45, 7) is 6.86. The van der Waals surface area contributed by atoms with Crippen molar-refractivity contribution < 1.29 is 31.2 Å². The Labute approximate surface area is 245 Å². The molecule has 3 aromatic carbocycles. The highest BCUT2D eigenvalue weighted by Crippen LogP contribution is 2.33. The second kappa shape index (κ2) is 13.9. The van der Waals surface area contributed by atoms with Gasteiger partial charge in [0.1, 0.15) is 12.6 Å². The maximum Gasteiger partial charge on any atom is 0.416 e. The quantitative estimate of drug-likeness (QED) is 0.281. The van der Waals surface area contributed by atoms with Gasteiger partial charge < -0.3 is 10.2 Å². The molecule has 0 aliphatic carbocycles. The number of carbonyl (C=O) groups excluding carboxylic acids is 2. The Balaban J connectivity index is 2.11. The first-order valence-electron chi connectivity index (χ1n) is 13.7. The zero-order valence-corrected chi connectivity index (χ0v) is 24.9. The van der Waals surface area contributed by atoms with Crippen molar-refractivity contribution >= 4 is 27.5 Å². The number of hydrogen-bond acceptors (Lipinski definition) is 4. The Morgan fingerprint density at radius 3 is 2.05 bits per heavy atom. The zero-order valence-electron chi connectivity index (χ0n) is 24.1. The summed E-state index contributed by atoms with van der Waals surface area (Å²) in [6.07, 6.45) is -3.82. The summed E-state index contributed by atoms with van der Waals surface area (Å²) >= 11 is 0. The normalized spacial score (nSPS) is 12.5. The Kier molecular flexibility index (Phi) is 10.8. The summed E-state index contributed by atoms with van der Waals surface area (Å²) in [5.74, 6) is -1.13. The minimum Gasteiger partial charge on any atom is -0.354 e. The van der Waals surface area contributed by atoms with Crippen molar-refractivity contribution in [1.82, 2.24) is 10.2 Å². The molecule has 1 atom stereocenters. The molecule has 2 amide bonds. The summed E-state index contributed by atoms with van der Waals surface area (Å²) in [5, 5.41) is 2.79. The van der Waals surface area contributed by atoms with Gasteiger partial charge >= 0.3 is 6.18 Å². The van der Waals surface area contributed by atoms with E-state index in [4.69, 9.17) is 0 Å². The summed E-state index contributed by atoms with van der Waals surface area (Å²) in [6, 6.07) is 16.0. The maximum absolute atomic E-state index is 14.0. The number of alkyl halides is 3. The second-order valence-electron chi connectivity index (χ2n) is 10.1. The summed E-state index contributed by atoms with van der Waals surface area (Å²) in [5.41, 5.74) is 1.10. The van der Waals surface area contributed by atoms with Gasteiger partial charge in [-0.15, -0.1) is 0 Å². The molecule has 11 heteroatoms. The summed E-state index contributed by atoms with van der Waals surface area (Å²) in [4.78, 5) is 28.2. The molecule has 0 aliphatic rings. The molecule has 3 rings (SSSR count). The molecule has 42 heavy (non-hydrogen) atoms. The molecular weight excluding hydrogens is 567 g/mol. The highest BCUT2D eigenvalue weighted by atomic mass is 32.2. The number of halogens is 3. The Bertz CT molecular complexity index is 1470. The molecule has 0 heterocycles. The predicted molar refractivity (Wildman–Crippen MR) is 156 cm³/mol. The first-order chi connectivity index (χ1) is 19.8. The molecule has 0 spiro atoms. The number of amides is 2. The monoisotopic (exact) mass is 603 g/mol. The average Bonchev–Trinajstić information content (AvgIpc) is 2.95. The number of nitrogens with zero attached hydrogens (tertiary/aromatic N) is 2. The molecule has 0 bridgehead atoms. The SMILES string of the molecule is CCCNC(=O)[C@H](CC)N(Cc1ccc(C)cc1)C(=O)CN(c1cccc(C(F)(F)F)c1)S(=O)(=O)c1ccc(C)cc1. The van der Waals surface area contributed by atoms with E-state index in [2.05, 4.69) is 5.32 Å².